The number of hydrogen-bond donors (Lipinski definition) is 1. The van der Waals surface area contributed by atoms with Crippen molar-refractivity contribution >= 4 is 24.0 Å². The molecular formula is C12H21N3S2. The third-order valence-corrected chi connectivity index (χ3v) is 4.89. The maximum Gasteiger partial charge on any atom is 0.195 e. The second-order valence-electron chi connectivity index (χ2n) is 4.96. The molecule has 0 amide bonds. The van der Waals surface area contributed by atoms with Gasteiger partial charge in [-0.3, -0.25) is 5.10 Å². The van der Waals surface area contributed by atoms with Crippen LogP contribution in [0.3, 0.4) is 0 Å². The van der Waals surface area contributed by atoms with Crippen LogP contribution in [0.5, 0.6) is 0 Å². The minimum absolute atomic E-state index is 0.431. The molecular weight excluding hydrogens is 250 g/mol. The van der Waals surface area contributed by atoms with Crippen molar-refractivity contribution in [3.05, 3.63) is 10.6 Å². The van der Waals surface area contributed by atoms with E-state index in [1.807, 2.05) is 0 Å². The van der Waals surface area contributed by atoms with Crippen molar-refractivity contribution in [1.29, 1.82) is 0 Å². The van der Waals surface area contributed by atoms with Gasteiger partial charge in [0.25, 0.3) is 0 Å². The summed E-state index contributed by atoms with van der Waals surface area (Å²) in [6.45, 7) is 6.59. The normalized spacial score (nSPS) is 24.7. The van der Waals surface area contributed by atoms with Gasteiger partial charge in [0, 0.05) is 17.2 Å². The molecule has 1 aliphatic carbocycles. The summed E-state index contributed by atoms with van der Waals surface area (Å²) in [4.78, 5) is 0. The molecule has 1 aliphatic rings. The van der Waals surface area contributed by atoms with Crippen LogP contribution in [0.15, 0.2) is 0 Å². The minimum Gasteiger partial charge on any atom is -0.301 e. The molecule has 1 heterocycles. The molecule has 1 N–H and O–H groups in total. The zero-order valence-electron chi connectivity index (χ0n) is 10.8. The molecule has 2 rings (SSSR count). The van der Waals surface area contributed by atoms with E-state index in [1.165, 1.54) is 25.0 Å². The monoisotopic (exact) mass is 271 g/mol. The van der Waals surface area contributed by atoms with E-state index in [0.29, 0.717) is 12.0 Å². The molecule has 0 saturated heterocycles. The second-order valence-corrected chi connectivity index (χ2v) is 6.92. The van der Waals surface area contributed by atoms with Gasteiger partial charge >= 0.3 is 0 Å². The quantitative estimate of drug-likeness (QED) is 0.843. The summed E-state index contributed by atoms with van der Waals surface area (Å²) in [5.74, 6) is 2.76. The summed E-state index contributed by atoms with van der Waals surface area (Å²) in [5.41, 5.74) is 0. The van der Waals surface area contributed by atoms with E-state index in [0.717, 1.165) is 15.8 Å². The highest BCUT2D eigenvalue weighted by Gasteiger charge is 2.28. The van der Waals surface area contributed by atoms with Crippen molar-refractivity contribution in [2.45, 2.75) is 57.2 Å². The van der Waals surface area contributed by atoms with E-state index in [2.05, 4.69) is 47.3 Å². The molecule has 0 spiro atoms. The maximum absolute atomic E-state index is 5.37. The van der Waals surface area contributed by atoms with Crippen LogP contribution in [-0.4, -0.2) is 25.8 Å². The van der Waals surface area contributed by atoms with E-state index < -0.39 is 0 Å². The number of rotatable bonds is 4. The van der Waals surface area contributed by atoms with Crippen LogP contribution in [0.2, 0.25) is 0 Å². The third kappa shape index (κ3) is 2.76. The molecule has 1 fully saturated rings. The smallest absolute Gasteiger partial charge is 0.195 e. The maximum atomic E-state index is 5.37. The van der Waals surface area contributed by atoms with Crippen molar-refractivity contribution in [2.75, 3.05) is 5.75 Å². The summed E-state index contributed by atoms with van der Waals surface area (Å²) in [5, 5.41) is 8.13. The molecule has 2 unspecified atom stereocenters. The third-order valence-electron chi connectivity index (χ3n) is 3.37. The van der Waals surface area contributed by atoms with Gasteiger partial charge in [-0.2, -0.15) is 16.9 Å². The van der Waals surface area contributed by atoms with Gasteiger partial charge in [0.2, 0.25) is 0 Å². The first-order valence-electron chi connectivity index (χ1n) is 6.41. The Morgan fingerprint density at radius 1 is 1.53 bits per heavy atom. The highest BCUT2D eigenvalue weighted by molar-refractivity contribution is 7.99. The number of thioether (sulfide) groups is 1. The first-order valence-corrected chi connectivity index (χ1v) is 7.87. The molecule has 0 aromatic carbocycles. The van der Waals surface area contributed by atoms with E-state index in [9.17, 15) is 0 Å². The molecule has 2 atom stereocenters. The molecule has 0 radical (unpaired) electrons. The van der Waals surface area contributed by atoms with Crippen molar-refractivity contribution in [3.8, 4) is 0 Å². The minimum atomic E-state index is 0.431. The predicted molar refractivity (Wildman–Crippen MR) is 76.3 cm³/mol. The molecule has 1 saturated carbocycles. The zero-order chi connectivity index (χ0) is 12.4. The summed E-state index contributed by atoms with van der Waals surface area (Å²) >= 11 is 7.45. The van der Waals surface area contributed by atoms with Crippen molar-refractivity contribution in [2.24, 2.45) is 0 Å². The van der Waals surface area contributed by atoms with Crippen molar-refractivity contribution in [1.82, 2.24) is 14.8 Å². The van der Waals surface area contributed by atoms with E-state index >= 15 is 0 Å². The second kappa shape index (κ2) is 5.57. The van der Waals surface area contributed by atoms with Gasteiger partial charge in [-0.25, -0.2) is 0 Å². The van der Waals surface area contributed by atoms with E-state index in [1.54, 1.807) is 0 Å². The molecule has 3 nitrogen and oxygen atoms in total. The van der Waals surface area contributed by atoms with Gasteiger partial charge < -0.3 is 4.57 Å². The lowest BCUT2D eigenvalue weighted by molar-refractivity contribution is 0.482. The van der Waals surface area contributed by atoms with Gasteiger partial charge in [0.15, 0.2) is 4.77 Å². The van der Waals surface area contributed by atoms with Crippen molar-refractivity contribution < 1.29 is 0 Å². The van der Waals surface area contributed by atoms with Crippen molar-refractivity contribution in [3.63, 3.8) is 0 Å². The van der Waals surface area contributed by atoms with Gasteiger partial charge in [-0.15, -0.1) is 0 Å². The standard InChI is InChI=1S/C12H21N3S2/c1-4-17-10-6-5-9(7-10)15-11(8(2)3)13-14-12(15)16/h8-10H,4-7H2,1-3H3,(H,14,16). The molecule has 0 aliphatic heterocycles. The highest BCUT2D eigenvalue weighted by atomic mass is 32.2. The van der Waals surface area contributed by atoms with Gasteiger partial charge in [0.05, 0.1) is 0 Å². The Hall–Kier alpha value is -0.290. The van der Waals surface area contributed by atoms with Crippen LogP contribution in [0, 0.1) is 4.77 Å². The predicted octanol–water partition coefficient (Wildman–Crippen LogP) is 3.91. The molecule has 1 aromatic heterocycles. The molecule has 0 bridgehead atoms. The fourth-order valence-corrected chi connectivity index (χ4v) is 4.04. The molecule has 96 valence electrons. The van der Waals surface area contributed by atoms with Crippen LogP contribution in [0.1, 0.15) is 57.8 Å². The summed E-state index contributed by atoms with van der Waals surface area (Å²) in [7, 11) is 0. The van der Waals surface area contributed by atoms with E-state index in [4.69, 9.17) is 12.2 Å². The van der Waals surface area contributed by atoms with Crippen LogP contribution in [0.25, 0.3) is 0 Å². The van der Waals surface area contributed by atoms with E-state index in [-0.39, 0.29) is 0 Å². The lowest BCUT2D eigenvalue weighted by atomic mass is 10.2. The fraction of sp³-hybridized carbons (Fsp3) is 0.833. The van der Waals surface area contributed by atoms with Crippen LogP contribution in [0.4, 0.5) is 0 Å². The lowest BCUT2D eigenvalue weighted by Gasteiger charge is -2.16. The lowest BCUT2D eigenvalue weighted by Crippen LogP contribution is -2.11. The number of nitrogens with zero attached hydrogens (tertiary/aromatic N) is 2. The highest BCUT2D eigenvalue weighted by Crippen LogP contribution is 2.38. The summed E-state index contributed by atoms with van der Waals surface area (Å²) in [6, 6.07) is 0.558. The molecule has 5 heteroatoms. The number of nitrogens with one attached hydrogen (secondary N) is 1. The van der Waals surface area contributed by atoms with Gasteiger partial charge in [-0.1, -0.05) is 20.8 Å². The average Bonchev–Trinajstić information content (AvgIpc) is 2.85. The van der Waals surface area contributed by atoms with Crippen LogP contribution >= 0.6 is 24.0 Å². The number of aromatic nitrogens is 3. The van der Waals surface area contributed by atoms with Crippen LogP contribution in [-0.2, 0) is 0 Å². The first-order chi connectivity index (χ1) is 8.13. The zero-order valence-corrected chi connectivity index (χ0v) is 12.4. The first kappa shape index (κ1) is 13.1. The number of aromatic amines is 1. The summed E-state index contributed by atoms with van der Waals surface area (Å²) < 4.78 is 3.05. The Morgan fingerprint density at radius 2 is 2.29 bits per heavy atom. The number of hydrogen-bond acceptors (Lipinski definition) is 3. The SMILES string of the molecule is CCSC1CCC(n2c(C(C)C)n[nH]c2=S)C1. The average molecular weight is 271 g/mol. The largest absolute Gasteiger partial charge is 0.301 e. The Morgan fingerprint density at radius 3 is 2.94 bits per heavy atom. The Labute approximate surface area is 112 Å². The molecule has 17 heavy (non-hydrogen) atoms. The van der Waals surface area contributed by atoms with Gasteiger partial charge in [0.1, 0.15) is 5.82 Å². The summed E-state index contributed by atoms with van der Waals surface area (Å²) in [6.07, 6.45) is 3.80. The Kier molecular flexibility index (Phi) is 4.31. The molecule has 1 aromatic rings. The van der Waals surface area contributed by atoms with Crippen LogP contribution < -0.4 is 0 Å². The Bertz CT molecular complexity index is 422. The van der Waals surface area contributed by atoms with Gasteiger partial charge in [-0.05, 0) is 37.2 Å². The topological polar surface area (TPSA) is 33.6 Å². The Balaban J connectivity index is 2.18. The fourth-order valence-electron chi connectivity index (χ4n) is 2.62. The number of H-pyrrole nitrogens is 1.